The topological polar surface area (TPSA) is 71.4 Å². The highest BCUT2D eigenvalue weighted by atomic mass is 19.1. The van der Waals surface area contributed by atoms with Crippen molar-refractivity contribution in [2.24, 2.45) is 10.9 Å². The van der Waals surface area contributed by atoms with Crippen LogP contribution in [0.25, 0.3) is 0 Å². The third-order valence-corrected chi connectivity index (χ3v) is 2.88. The van der Waals surface area contributed by atoms with Gasteiger partial charge in [-0.05, 0) is 6.42 Å². The zero-order chi connectivity index (χ0) is 13.9. The number of carboxylic acid groups (broad SMARTS) is 1. The summed E-state index contributed by atoms with van der Waals surface area (Å²) >= 11 is 0. The summed E-state index contributed by atoms with van der Waals surface area (Å²) in [7, 11) is 4.08. The zero-order valence-electron chi connectivity index (χ0n) is 10.8. The Labute approximate surface area is 105 Å². The summed E-state index contributed by atoms with van der Waals surface area (Å²) in [6.45, 7) is 1.58. The van der Waals surface area contributed by atoms with E-state index in [9.17, 15) is 9.18 Å². The van der Waals surface area contributed by atoms with Gasteiger partial charge in [-0.3, -0.25) is 9.69 Å². The normalized spacial score (nSPS) is 25.1. The van der Waals surface area contributed by atoms with E-state index in [1.807, 2.05) is 0 Å². The quantitative estimate of drug-likeness (QED) is 0.769. The van der Waals surface area contributed by atoms with Crippen LogP contribution in [-0.2, 0) is 14.3 Å². The summed E-state index contributed by atoms with van der Waals surface area (Å²) < 4.78 is 24.8. The molecule has 0 aromatic heterocycles. The molecule has 102 valence electrons. The van der Waals surface area contributed by atoms with Gasteiger partial charge in [0.05, 0.1) is 20.3 Å². The molecule has 0 spiro atoms. The zero-order valence-corrected chi connectivity index (χ0v) is 10.8. The first kappa shape index (κ1) is 14.3. The van der Waals surface area contributed by atoms with Crippen molar-refractivity contribution in [1.29, 1.82) is 0 Å². The molecule has 0 fully saturated rings. The molecule has 0 amide bonds. The molecular formula is C11H17FN2O4. The van der Waals surface area contributed by atoms with Crippen LogP contribution in [0, 0.1) is 5.92 Å². The van der Waals surface area contributed by atoms with Crippen molar-refractivity contribution in [3.63, 3.8) is 0 Å². The molecule has 0 radical (unpaired) electrons. The maximum atomic E-state index is 14.9. The van der Waals surface area contributed by atoms with Crippen molar-refractivity contribution in [3.05, 3.63) is 12.0 Å². The first-order chi connectivity index (χ1) is 8.40. The van der Waals surface area contributed by atoms with Gasteiger partial charge in [0.15, 0.2) is 5.88 Å². The number of carboxylic acids is 1. The third-order valence-electron chi connectivity index (χ3n) is 2.88. The Balaban J connectivity index is 3.24. The Morgan fingerprint density at radius 3 is 2.61 bits per heavy atom. The Bertz CT molecular complexity index is 397. The maximum absolute atomic E-state index is 14.9. The average Bonchev–Trinajstić information content (AvgIpc) is 2.32. The number of methoxy groups -OCH3 is 2. The molecule has 2 atom stereocenters. The molecule has 0 aromatic rings. The number of aliphatic imine (C=N–C) groups is 1. The van der Waals surface area contributed by atoms with Gasteiger partial charge in [-0.15, -0.1) is 0 Å². The van der Waals surface area contributed by atoms with E-state index in [-0.39, 0.29) is 18.2 Å². The second-order valence-corrected chi connectivity index (χ2v) is 3.84. The predicted octanol–water partition coefficient (Wildman–Crippen LogP) is 1.20. The van der Waals surface area contributed by atoms with Crippen molar-refractivity contribution in [2.45, 2.75) is 19.3 Å². The van der Waals surface area contributed by atoms with Gasteiger partial charge >= 0.3 is 5.97 Å². The fourth-order valence-corrected chi connectivity index (χ4v) is 1.82. The van der Waals surface area contributed by atoms with Crippen LogP contribution < -0.4 is 0 Å². The van der Waals surface area contributed by atoms with E-state index in [1.165, 1.54) is 27.3 Å². The van der Waals surface area contributed by atoms with Crippen LogP contribution in [0.2, 0.25) is 0 Å². The second kappa shape index (κ2) is 5.24. The van der Waals surface area contributed by atoms with E-state index < -0.39 is 17.8 Å². The van der Waals surface area contributed by atoms with Gasteiger partial charge in [0.25, 0.3) is 5.92 Å². The average molecular weight is 260 g/mol. The molecule has 1 aliphatic rings. The highest BCUT2D eigenvalue weighted by Gasteiger charge is 2.50. The van der Waals surface area contributed by atoms with Crippen LogP contribution in [0.5, 0.6) is 0 Å². The number of hydrogen-bond acceptors (Lipinski definition) is 5. The SMILES string of the molecule is CCC(C(=O)O)C1(F)N=C(OC)C=C(OC)N1C. The summed E-state index contributed by atoms with van der Waals surface area (Å²) in [5.74, 6) is -4.85. The Hall–Kier alpha value is -1.79. The van der Waals surface area contributed by atoms with Gasteiger partial charge < -0.3 is 14.6 Å². The minimum atomic E-state index is -2.42. The van der Waals surface area contributed by atoms with Gasteiger partial charge in [-0.1, -0.05) is 6.92 Å². The third kappa shape index (κ3) is 2.25. The second-order valence-electron chi connectivity index (χ2n) is 3.84. The van der Waals surface area contributed by atoms with Crippen LogP contribution in [0.3, 0.4) is 0 Å². The van der Waals surface area contributed by atoms with Gasteiger partial charge in [0, 0.05) is 7.05 Å². The number of rotatable bonds is 4. The Kier molecular flexibility index (Phi) is 4.15. The van der Waals surface area contributed by atoms with Crippen molar-refractivity contribution in [1.82, 2.24) is 4.90 Å². The predicted molar refractivity (Wildman–Crippen MR) is 62.6 cm³/mol. The Morgan fingerprint density at radius 2 is 2.22 bits per heavy atom. The van der Waals surface area contributed by atoms with E-state index in [2.05, 4.69) is 4.99 Å². The Morgan fingerprint density at radius 1 is 1.61 bits per heavy atom. The molecule has 7 heteroatoms. The van der Waals surface area contributed by atoms with E-state index in [1.54, 1.807) is 6.92 Å². The van der Waals surface area contributed by atoms with Gasteiger partial charge in [-0.2, -0.15) is 9.38 Å². The summed E-state index contributed by atoms with van der Waals surface area (Å²) in [6.07, 6.45) is 1.49. The van der Waals surface area contributed by atoms with Crippen molar-refractivity contribution in [3.8, 4) is 0 Å². The van der Waals surface area contributed by atoms with Crippen molar-refractivity contribution < 1.29 is 23.8 Å². The van der Waals surface area contributed by atoms with E-state index in [0.29, 0.717) is 0 Å². The molecular weight excluding hydrogens is 243 g/mol. The van der Waals surface area contributed by atoms with E-state index in [0.717, 1.165) is 4.90 Å². The molecule has 1 rings (SSSR count). The van der Waals surface area contributed by atoms with Crippen LogP contribution in [0.15, 0.2) is 17.0 Å². The number of carbonyl (C=O) groups is 1. The minimum absolute atomic E-state index is 0.00727. The fourth-order valence-electron chi connectivity index (χ4n) is 1.82. The molecule has 1 aliphatic heterocycles. The van der Waals surface area contributed by atoms with Crippen LogP contribution >= 0.6 is 0 Å². The smallest absolute Gasteiger partial charge is 0.313 e. The molecule has 0 saturated carbocycles. The molecule has 6 nitrogen and oxygen atoms in total. The molecule has 18 heavy (non-hydrogen) atoms. The molecule has 2 unspecified atom stereocenters. The monoisotopic (exact) mass is 260 g/mol. The first-order valence-electron chi connectivity index (χ1n) is 5.45. The van der Waals surface area contributed by atoms with Crippen LogP contribution in [0.1, 0.15) is 13.3 Å². The van der Waals surface area contributed by atoms with E-state index in [4.69, 9.17) is 14.6 Å². The summed E-state index contributed by atoms with van der Waals surface area (Å²) in [4.78, 5) is 15.9. The lowest BCUT2D eigenvalue weighted by Gasteiger charge is -2.39. The number of nitrogens with zero attached hydrogens (tertiary/aromatic N) is 2. The number of hydrogen-bond donors (Lipinski definition) is 1. The van der Waals surface area contributed by atoms with Crippen LogP contribution in [0.4, 0.5) is 4.39 Å². The maximum Gasteiger partial charge on any atom is 0.313 e. The lowest BCUT2D eigenvalue weighted by Crippen LogP contribution is -2.52. The molecule has 1 N–H and O–H groups in total. The van der Waals surface area contributed by atoms with Gasteiger partial charge in [-0.25, -0.2) is 0 Å². The molecule has 0 aliphatic carbocycles. The highest BCUT2D eigenvalue weighted by molar-refractivity contribution is 5.89. The molecule has 0 bridgehead atoms. The van der Waals surface area contributed by atoms with E-state index >= 15 is 0 Å². The number of alkyl halides is 1. The lowest BCUT2D eigenvalue weighted by molar-refractivity contribution is -0.157. The minimum Gasteiger partial charge on any atom is -0.482 e. The number of aliphatic carboxylic acids is 1. The fraction of sp³-hybridized carbons (Fsp3) is 0.636. The number of ether oxygens (including phenoxy) is 2. The lowest BCUT2D eigenvalue weighted by atomic mass is 9.99. The van der Waals surface area contributed by atoms with Crippen molar-refractivity contribution >= 4 is 11.9 Å². The standard InChI is InChI=1S/C11H17FN2O4/c1-5-7(10(15)16)11(12)13-8(17-3)6-9(18-4)14(11)2/h6-7H,5H2,1-4H3,(H,15,16). The molecule has 1 heterocycles. The number of halogens is 1. The summed E-state index contributed by atoms with van der Waals surface area (Å²) in [5, 5.41) is 9.09. The largest absolute Gasteiger partial charge is 0.482 e. The van der Waals surface area contributed by atoms with Crippen LogP contribution in [-0.4, -0.2) is 49.1 Å². The van der Waals surface area contributed by atoms with Crippen molar-refractivity contribution in [2.75, 3.05) is 21.3 Å². The highest BCUT2D eigenvalue weighted by Crippen LogP contribution is 2.35. The van der Waals surface area contributed by atoms with Gasteiger partial charge in [0.1, 0.15) is 5.92 Å². The first-order valence-corrected chi connectivity index (χ1v) is 5.45. The summed E-state index contributed by atoms with van der Waals surface area (Å²) in [5.41, 5.74) is 0. The molecule has 0 aromatic carbocycles. The van der Waals surface area contributed by atoms with Gasteiger partial charge in [0.2, 0.25) is 5.90 Å². The molecule has 0 saturated heterocycles. The summed E-state index contributed by atoms with van der Waals surface area (Å²) in [6, 6.07) is 0.